The van der Waals surface area contributed by atoms with Crippen LogP contribution in [0.2, 0.25) is 0 Å². The zero-order valence-corrected chi connectivity index (χ0v) is 13.4. The standard InChI is InChI=1S/C19H22N2O2/c1-2-3-13-23-18-12-8-7-11-17(18)15-20-21-19(22)14-16-9-5-4-6-10-16/h4-12,15H,2-3,13-14H2,1H3,(H,21,22)/b20-15-. The lowest BCUT2D eigenvalue weighted by molar-refractivity contribution is -0.120. The van der Waals surface area contributed by atoms with E-state index >= 15 is 0 Å². The molecule has 0 bridgehead atoms. The fourth-order valence-corrected chi connectivity index (χ4v) is 2.04. The summed E-state index contributed by atoms with van der Waals surface area (Å²) in [4.78, 5) is 11.8. The fraction of sp³-hybridized carbons (Fsp3) is 0.263. The Morgan fingerprint density at radius 1 is 1.13 bits per heavy atom. The number of hydrogen-bond donors (Lipinski definition) is 1. The van der Waals surface area contributed by atoms with Gasteiger partial charge in [-0.25, -0.2) is 5.43 Å². The van der Waals surface area contributed by atoms with Crippen molar-refractivity contribution in [2.75, 3.05) is 6.61 Å². The summed E-state index contributed by atoms with van der Waals surface area (Å²) in [7, 11) is 0. The van der Waals surface area contributed by atoms with Crippen LogP contribution in [-0.4, -0.2) is 18.7 Å². The molecule has 0 radical (unpaired) electrons. The Kier molecular flexibility index (Phi) is 6.85. The van der Waals surface area contributed by atoms with E-state index in [1.54, 1.807) is 6.21 Å². The van der Waals surface area contributed by atoms with Crippen molar-refractivity contribution in [1.82, 2.24) is 5.43 Å². The summed E-state index contributed by atoms with van der Waals surface area (Å²) in [6.07, 6.45) is 4.03. The molecule has 0 fully saturated rings. The van der Waals surface area contributed by atoms with Crippen LogP contribution in [0.1, 0.15) is 30.9 Å². The Bertz CT molecular complexity index is 639. The lowest BCUT2D eigenvalue weighted by Gasteiger charge is -2.08. The van der Waals surface area contributed by atoms with E-state index < -0.39 is 0 Å². The van der Waals surface area contributed by atoms with Gasteiger partial charge in [0.2, 0.25) is 5.91 Å². The van der Waals surface area contributed by atoms with Crippen molar-refractivity contribution in [2.24, 2.45) is 5.10 Å². The van der Waals surface area contributed by atoms with Gasteiger partial charge < -0.3 is 4.74 Å². The van der Waals surface area contributed by atoms with E-state index in [0.29, 0.717) is 13.0 Å². The number of carbonyl (C=O) groups is 1. The molecular weight excluding hydrogens is 288 g/mol. The molecule has 2 aromatic rings. The number of rotatable bonds is 8. The highest BCUT2D eigenvalue weighted by Crippen LogP contribution is 2.16. The van der Waals surface area contributed by atoms with Crippen LogP contribution < -0.4 is 10.2 Å². The van der Waals surface area contributed by atoms with Gasteiger partial charge in [-0.1, -0.05) is 55.8 Å². The largest absolute Gasteiger partial charge is 0.493 e. The molecule has 1 N–H and O–H groups in total. The number of hydrogen-bond acceptors (Lipinski definition) is 3. The number of hydrazone groups is 1. The number of benzene rings is 2. The van der Waals surface area contributed by atoms with E-state index in [0.717, 1.165) is 29.7 Å². The molecule has 0 spiro atoms. The lowest BCUT2D eigenvalue weighted by atomic mass is 10.1. The van der Waals surface area contributed by atoms with Crippen molar-refractivity contribution in [1.29, 1.82) is 0 Å². The fourth-order valence-electron chi connectivity index (χ4n) is 2.04. The third-order valence-corrected chi connectivity index (χ3v) is 3.27. The van der Waals surface area contributed by atoms with Gasteiger partial charge in [0.25, 0.3) is 0 Å². The average molecular weight is 310 g/mol. The second kappa shape index (κ2) is 9.41. The normalized spacial score (nSPS) is 10.7. The van der Waals surface area contributed by atoms with Gasteiger partial charge in [0, 0.05) is 5.56 Å². The first kappa shape index (κ1) is 16.7. The summed E-state index contributed by atoms with van der Waals surface area (Å²) in [5, 5.41) is 4.02. The third kappa shape index (κ3) is 5.94. The molecule has 0 aliphatic carbocycles. The minimum absolute atomic E-state index is 0.142. The molecule has 0 heterocycles. The number of nitrogens with zero attached hydrogens (tertiary/aromatic N) is 1. The van der Waals surface area contributed by atoms with Crippen LogP contribution in [0, 0.1) is 0 Å². The Hall–Kier alpha value is -2.62. The van der Waals surface area contributed by atoms with Gasteiger partial charge in [-0.2, -0.15) is 5.10 Å². The first-order valence-corrected chi connectivity index (χ1v) is 7.87. The maximum Gasteiger partial charge on any atom is 0.244 e. The molecule has 4 heteroatoms. The number of ether oxygens (including phenoxy) is 1. The van der Waals surface area contributed by atoms with E-state index in [1.807, 2.05) is 54.6 Å². The van der Waals surface area contributed by atoms with E-state index in [2.05, 4.69) is 17.5 Å². The SMILES string of the molecule is CCCCOc1ccccc1/C=N\NC(=O)Cc1ccccc1. The van der Waals surface area contributed by atoms with Crippen molar-refractivity contribution >= 4 is 12.1 Å². The topological polar surface area (TPSA) is 50.7 Å². The van der Waals surface area contributed by atoms with Crippen molar-refractivity contribution in [3.63, 3.8) is 0 Å². The summed E-state index contributed by atoms with van der Waals surface area (Å²) in [6.45, 7) is 2.81. The number of amides is 1. The van der Waals surface area contributed by atoms with Gasteiger partial charge in [0.05, 0.1) is 19.2 Å². The third-order valence-electron chi connectivity index (χ3n) is 3.27. The quantitative estimate of drug-likeness (QED) is 0.460. The second-order valence-electron chi connectivity index (χ2n) is 5.20. The number of nitrogens with one attached hydrogen (secondary N) is 1. The molecule has 0 saturated carbocycles. The van der Waals surface area contributed by atoms with Crippen molar-refractivity contribution in [3.05, 3.63) is 65.7 Å². The molecule has 23 heavy (non-hydrogen) atoms. The molecule has 0 aromatic heterocycles. The van der Waals surface area contributed by atoms with Crippen molar-refractivity contribution in [2.45, 2.75) is 26.2 Å². The van der Waals surface area contributed by atoms with Crippen molar-refractivity contribution in [3.8, 4) is 5.75 Å². The van der Waals surface area contributed by atoms with E-state index in [4.69, 9.17) is 4.74 Å². The monoisotopic (exact) mass is 310 g/mol. The molecule has 0 aliphatic heterocycles. The second-order valence-corrected chi connectivity index (χ2v) is 5.20. The first-order valence-electron chi connectivity index (χ1n) is 7.87. The Balaban J connectivity index is 1.88. The van der Waals surface area contributed by atoms with Gasteiger partial charge in [0.1, 0.15) is 5.75 Å². The van der Waals surface area contributed by atoms with Gasteiger partial charge in [-0.3, -0.25) is 4.79 Å². The predicted molar refractivity (Wildman–Crippen MR) is 92.7 cm³/mol. The maximum absolute atomic E-state index is 11.8. The van der Waals surface area contributed by atoms with E-state index in [-0.39, 0.29) is 5.91 Å². The van der Waals surface area contributed by atoms with E-state index in [1.165, 1.54) is 0 Å². The molecule has 0 unspecified atom stereocenters. The summed E-state index contributed by atoms with van der Waals surface area (Å²) in [5.74, 6) is 0.638. The highest BCUT2D eigenvalue weighted by molar-refractivity contribution is 5.85. The van der Waals surface area contributed by atoms with Crippen molar-refractivity contribution < 1.29 is 9.53 Å². The van der Waals surface area contributed by atoms with Crippen LogP contribution in [0.3, 0.4) is 0 Å². The maximum atomic E-state index is 11.8. The predicted octanol–water partition coefficient (Wildman–Crippen LogP) is 3.56. The summed E-state index contributed by atoms with van der Waals surface area (Å²) < 4.78 is 5.73. The smallest absolute Gasteiger partial charge is 0.244 e. The molecule has 1 amide bonds. The van der Waals surface area contributed by atoms with Gasteiger partial charge in [-0.15, -0.1) is 0 Å². The van der Waals surface area contributed by atoms with Crippen LogP contribution >= 0.6 is 0 Å². The molecule has 0 saturated heterocycles. The van der Waals surface area contributed by atoms with Crippen LogP contribution in [0.4, 0.5) is 0 Å². The molecule has 4 nitrogen and oxygen atoms in total. The Morgan fingerprint density at radius 3 is 2.65 bits per heavy atom. The summed E-state index contributed by atoms with van der Waals surface area (Å²) >= 11 is 0. The molecule has 120 valence electrons. The van der Waals surface area contributed by atoms with Crippen LogP contribution in [0.5, 0.6) is 5.75 Å². The first-order chi connectivity index (χ1) is 11.3. The van der Waals surface area contributed by atoms with Gasteiger partial charge in [-0.05, 0) is 24.1 Å². The van der Waals surface area contributed by atoms with Crippen LogP contribution in [0.15, 0.2) is 59.7 Å². The molecule has 0 atom stereocenters. The zero-order valence-electron chi connectivity index (χ0n) is 13.4. The molecule has 2 rings (SSSR count). The highest BCUT2D eigenvalue weighted by atomic mass is 16.5. The minimum Gasteiger partial charge on any atom is -0.493 e. The number of unbranched alkanes of at least 4 members (excludes halogenated alkanes) is 1. The van der Waals surface area contributed by atoms with Gasteiger partial charge >= 0.3 is 0 Å². The minimum atomic E-state index is -0.142. The number of para-hydroxylation sites is 1. The van der Waals surface area contributed by atoms with E-state index in [9.17, 15) is 4.79 Å². The summed E-state index contributed by atoms with van der Waals surface area (Å²) in [5.41, 5.74) is 4.36. The lowest BCUT2D eigenvalue weighted by Crippen LogP contribution is -2.19. The zero-order chi connectivity index (χ0) is 16.3. The Labute approximate surface area is 137 Å². The van der Waals surface area contributed by atoms with Gasteiger partial charge in [0.15, 0.2) is 0 Å². The summed E-state index contributed by atoms with van der Waals surface area (Å²) in [6, 6.07) is 17.2. The van der Waals surface area contributed by atoms with Crippen LogP contribution in [-0.2, 0) is 11.2 Å². The Morgan fingerprint density at radius 2 is 1.87 bits per heavy atom. The molecule has 0 aliphatic rings. The highest BCUT2D eigenvalue weighted by Gasteiger charge is 2.02. The molecular formula is C19H22N2O2. The molecule has 2 aromatic carbocycles. The number of carbonyl (C=O) groups excluding carboxylic acids is 1. The van der Waals surface area contributed by atoms with Crippen LogP contribution in [0.25, 0.3) is 0 Å². The average Bonchev–Trinajstić information content (AvgIpc) is 2.57.